The van der Waals surface area contributed by atoms with Crippen molar-refractivity contribution in [2.45, 2.75) is 36.4 Å². The molecule has 2 rings (SSSR count). The van der Waals surface area contributed by atoms with Crippen LogP contribution < -0.4 is 0 Å². The zero-order valence-electron chi connectivity index (χ0n) is 9.80. The molecule has 0 aromatic heterocycles. The monoisotopic (exact) mass is 318 g/mol. The van der Waals surface area contributed by atoms with Crippen LogP contribution >= 0.6 is 15.9 Å². The lowest BCUT2D eigenvalue weighted by Crippen LogP contribution is -2.12. The van der Waals surface area contributed by atoms with Crippen molar-refractivity contribution in [2.24, 2.45) is 0 Å². The van der Waals surface area contributed by atoms with Gasteiger partial charge in [-0.05, 0) is 49.3 Å². The second-order valence-corrected chi connectivity index (χ2v) is 5.94. The number of rotatable bonds is 2. The molecule has 0 nitrogen and oxygen atoms in total. The number of halogens is 4. The van der Waals surface area contributed by atoms with Gasteiger partial charge in [0.25, 0.3) is 0 Å². The first-order chi connectivity index (χ1) is 8.61. The minimum atomic E-state index is -1.16. The lowest BCUT2D eigenvalue weighted by molar-refractivity contribution is 0.455. The molecule has 0 aliphatic heterocycles. The van der Waals surface area contributed by atoms with Crippen LogP contribution in [0, 0.1) is 5.82 Å². The molecule has 0 radical (unpaired) electrons. The minimum absolute atomic E-state index is 0.214. The summed E-state index contributed by atoms with van der Waals surface area (Å²) in [5.74, 6) is -1.54. The normalized spacial score (nSPS) is 25.2. The van der Waals surface area contributed by atoms with E-state index in [1.165, 1.54) is 12.1 Å². The van der Waals surface area contributed by atoms with Gasteiger partial charge in [-0.1, -0.05) is 22.0 Å². The first-order valence-electron chi connectivity index (χ1n) is 6.01. The first-order valence-corrected chi connectivity index (χ1v) is 6.93. The number of hydrogen-bond donors (Lipinski definition) is 0. The van der Waals surface area contributed by atoms with E-state index in [-0.39, 0.29) is 11.9 Å². The van der Waals surface area contributed by atoms with Gasteiger partial charge >= 0.3 is 0 Å². The predicted molar refractivity (Wildman–Crippen MR) is 70.5 cm³/mol. The largest absolute Gasteiger partial charge is 0.212 e. The van der Waals surface area contributed by atoms with Crippen LogP contribution in [0.1, 0.15) is 42.7 Å². The topological polar surface area (TPSA) is 0 Å². The van der Waals surface area contributed by atoms with Crippen molar-refractivity contribution >= 4 is 21.8 Å². The smallest absolute Gasteiger partial charge is 0.161 e. The van der Waals surface area contributed by atoms with Gasteiger partial charge in [-0.3, -0.25) is 0 Å². The Bertz CT molecular complexity index is 448. The SMILES string of the molecule is F/C=C(\F)c1ccc(C2CCC(Br)CC2)cc1F. The zero-order chi connectivity index (χ0) is 13.1. The Labute approximate surface area is 113 Å². The lowest BCUT2D eigenvalue weighted by atomic mass is 9.84. The fourth-order valence-electron chi connectivity index (χ4n) is 2.42. The average molecular weight is 319 g/mol. The zero-order valence-corrected chi connectivity index (χ0v) is 11.4. The van der Waals surface area contributed by atoms with Gasteiger partial charge in [-0.15, -0.1) is 0 Å². The van der Waals surface area contributed by atoms with Crippen LogP contribution in [0.5, 0.6) is 0 Å². The Hall–Kier alpha value is -0.770. The number of hydrogen-bond acceptors (Lipinski definition) is 0. The predicted octanol–water partition coefficient (Wildman–Crippen LogP) is 5.48. The molecule has 1 saturated carbocycles. The molecular weight excluding hydrogens is 305 g/mol. The third kappa shape index (κ3) is 2.97. The Morgan fingerprint density at radius 3 is 2.44 bits per heavy atom. The molecule has 1 aromatic carbocycles. The van der Waals surface area contributed by atoms with E-state index < -0.39 is 11.6 Å². The number of benzene rings is 1. The molecule has 0 heterocycles. The van der Waals surface area contributed by atoms with E-state index in [2.05, 4.69) is 15.9 Å². The van der Waals surface area contributed by atoms with Crippen LogP contribution in [0.15, 0.2) is 24.5 Å². The highest BCUT2D eigenvalue weighted by Crippen LogP contribution is 2.36. The Morgan fingerprint density at radius 2 is 1.89 bits per heavy atom. The van der Waals surface area contributed by atoms with Crippen LogP contribution in [0.4, 0.5) is 13.2 Å². The van der Waals surface area contributed by atoms with E-state index in [1.54, 1.807) is 6.07 Å². The van der Waals surface area contributed by atoms with Crippen LogP contribution in [0.25, 0.3) is 5.83 Å². The summed E-state index contributed by atoms with van der Waals surface area (Å²) in [4.78, 5) is 0.546. The Kier molecular flexibility index (Phi) is 4.49. The molecule has 0 unspecified atom stereocenters. The fraction of sp³-hybridized carbons (Fsp3) is 0.429. The van der Waals surface area contributed by atoms with Crippen LogP contribution in [-0.4, -0.2) is 4.83 Å². The van der Waals surface area contributed by atoms with E-state index in [0.29, 0.717) is 10.7 Å². The second-order valence-electron chi connectivity index (χ2n) is 4.65. The van der Waals surface area contributed by atoms with E-state index >= 15 is 0 Å². The van der Waals surface area contributed by atoms with Gasteiger partial charge in [0.1, 0.15) is 12.1 Å². The Morgan fingerprint density at radius 1 is 1.22 bits per heavy atom. The average Bonchev–Trinajstić information content (AvgIpc) is 2.38. The maximum atomic E-state index is 13.7. The second kappa shape index (κ2) is 5.91. The van der Waals surface area contributed by atoms with Crippen molar-refractivity contribution in [1.82, 2.24) is 0 Å². The van der Waals surface area contributed by atoms with Crippen molar-refractivity contribution < 1.29 is 13.2 Å². The summed E-state index contributed by atoms with van der Waals surface area (Å²) in [5, 5.41) is 0. The van der Waals surface area contributed by atoms with Crippen molar-refractivity contribution in [1.29, 1.82) is 0 Å². The third-order valence-corrected chi connectivity index (χ3v) is 4.39. The summed E-state index contributed by atoms with van der Waals surface area (Å²) in [6.07, 6.45) is 3.90. The quantitative estimate of drug-likeness (QED) is 0.633. The summed E-state index contributed by atoms with van der Waals surface area (Å²) >= 11 is 3.57. The molecule has 1 fully saturated rings. The van der Waals surface area contributed by atoms with Crippen LogP contribution in [0.3, 0.4) is 0 Å². The molecule has 0 atom stereocenters. The van der Waals surface area contributed by atoms with Gasteiger partial charge in [0.15, 0.2) is 5.83 Å². The summed E-state index contributed by atoms with van der Waals surface area (Å²) in [6, 6.07) is 4.34. The van der Waals surface area contributed by atoms with Gasteiger partial charge < -0.3 is 0 Å². The maximum absolute atomic E-state index is 13.7. The van der Waals surface area contributed by atoms with Gasteiger partial charge in [-0.2, -0.15) is 0 Å². The van der Waals surface area contributed by atoms with Crippen LogP contribution in [-0.2, 0) is 0 Å². The van der Waals surface area contributed by atoms with Gasteiger partial charge in [0.2, 0.25) is 0 Å². The van der Waals surface area contributed by atoms with E-state index in [4.69, 9.17) is 0 Å². The third-order valence-electron chi connectivity index (χ3n) is 3.47. The molecule has 1 aliphatic carbocycles. The molecule has 0 N–H and O–H groups in total. The molecule has 4 heteroatoms. The summed E-state index contributed by atoms with van der Waals surface area (Å²) < 4.78 is 38.7. The highest BCUT2D eigenvalue weighted by molar-refractivity contribution is 9.09. The summed E-state index contributed by atoms with van der Waals surface area (Å²) in [6.45, 7) is 0. The highest BCUT2D eigenvalue weighted by atomic mass is 79.9. The van der Waals surface area contributed by atoms with Crippen LogP contribution in [0.2, 0.25) is 0 Å². The molecule has 1 aliphatic rings. The molecule has 0 amide bonds. The van der Waals surface area contributed by atoms with Crippen molar-refractivity contribution in [3.8, 4) is 0 Å². The fourth-order valence-corrected chi connectivity index (χ4v) is 2.95. The molecule has 0 saturated heterocycles. The standard InChI is InChI=1S/C14H14BrF3/c15-11-4-1-9(2-5-11)10-3-6-12(13(17)7-10)14(18)8-16/h3,6-9,11H,1-2,4-5H2/b14-8-. The van der Waals surface area contributed by atoms with E-state index in [0.717, 1.165) is 31.2 Å². The molecular formula is C14H14BrF3. The van der Waals surface area contributed by atoms with Crippen molar-refractivity contribution in [2.75, 3.05) is 0 Å². The van der Waals surface area contributed by atoms with Crippen molar-refractivity contribution in [3.05, 3.63) is 41.5 Å². The minimum Gasteiger partial charge on any atom is -0.212 e. The van der Waals surface area contributed by atoms with Gasteiger partial charge in [0, 0.05) is 10.4 Å². The molecule has 98 valence electrons. The summed E-state index contributed by atoms with van der Waals surface area (Å²) in [7, 11) is 0. The molecule has 0 spiro atoms. The van der Waals surface area contributed by atoms with E-state index in [1.807, 2.05) is 0 Å². The molecule has 0 bridgehead atoms. The molecule has 1 aromatic rings. The summed E-state index contributed by atoms with van der Waals surface area (Å²) in [5.41, 5.74) is 0.567. The van der Waals surface area contributed by atoms with Gasteiger partial charge in [-0.25, -0.2) is 13.2 Å². The molecule has 18 heavy (non-hydrogen) atoms. The van der Waals surface area contributed by atoms with Gasteiger partial charge in [0.05, 0.1) is 0 Å². The maximum Gasteiger partial charge on any atom is 0.161 e. The highest BCUT2D eigenvalue weighted by Gasteiger charge is 2.21. The first kappa shape index (κ1) is 13.7. The number of alkyl halides is 1. The lowest BCUT2D eigenvalue weighted by Gasteiger charge is -2.25. The van der Waals surface area contributed by atoms with E-state index in [9.17, 15) is 13.2 Å². The Balaban J connectivity index is 2.19. The van der Waals surface area contributed by atoms with Crippen molar-refractivity contribution in [3.63, 3.8) is 0 Å².